The number of rotatable bonds is 5. The average Bonchev–Trinajstić information content (AvgIpc) is 2.60. The number of hydrogen-bond acceptors (Lipinski definition) is 6. The van der Waals surface area contributed by atoms with Gasteiger partial charge >= 0.3 is 5.97 Å². The number of halogens is 1. The Labute approximate surface area is 172 Å². The highest BCUT2D eigenvalue weighted by atomic mass is 35.5. The number of anilines is 1. The number of amides is 1. The van der Waals surface area contributed by atoms with Crippen molar-refractivity contribution in [2.24, 2.45) is 17.3 Å². The molecule has 3 atom stereocenters. The molecule has 1 aromatic rings. The molecule has 4 bridgehead atoms. The first-order valence-electron chi connectivity index (χ1n) is 9.77. The molecule has 4 saturated carbocycles. The molecule has 3 unspecified atom stereocenters. The quantitative estimate of drug-likeness (QED) is 0.426. The Hall–Kier alpha value is -2.19. The van der Waals surface area contributed by atoms with Crippen LogP contribution in [0.5, 0.6) is 0 Å². The Morgan fingerprint density at radius 2 is 1.97 bits per heavy atom. The third-order valence-corrected chi connectivity index (χ3v) is 6.85. The minimum absolute atomic E-state index is 0.0226. The molecule has 8 nitrogen and oxygen atoms in total. The zero-order chi connectivity index (χ0) is 21.0. The number of ether oxygens (including phenoxy) is 1. The average molecular weight is 423 g/mol. The van der Waals surface area contributed by atoms with Gasteiger partial charge in [-0.1, -0.05) is 11.6 Å². The van der Waals surface area contributed by atoms with Gasteiger partial charge in [-0.15, -0.1) is 0 Å². The van der Waals surface area contributed by atoms with Crippen LogP contribution in [0.2, 0.25) is 5.02 Å². The minimum Gasteiger partial charge on any atom is -0.452 e. The van der Waals surface area contributed by atoms with E-state index >= 15 is 0 Å². The lowest BCUT2D eigenvalue weighted by Gasteiger charge is -2.58. The summed E-state index contributed by atoms with van der Waals surface area (Å²) < 4.78 is 5.50. The second kappa shape index (κ2) is 6.95. The normalized spacial score (nSPS) is 33.2. The molecule has 29 heavy (non-hydrogen) atoms. The van der Waals surface area contributed by atoms with Crippen LogP contribution in [0.3, 0.4) is 0 Å². The Morgan fingerprint density at radius 1 is 1.31 bits per heavy atom. The van der Waals surface area contributed by atoms with Crippen molar-refractivity contribution >= 4 is 34.9 Å². The highest BCUT2D eigenvalue weighted by Gasteiger charge is 2.61. The number of nitrogens with zero attached hydrogens (tertiary/aromatic N) is 1. The van der Waals surface area contributed by atoms with E-state index in [1.54, 1.807) is 0 Å². The summed E-state index contributed by atoms with van der Waals surface area (Å²) in [5, 5.41) is 24.1. The van der Waals surface area contributed by atoms with E-state index in [0.717, 1.165) is 25.3 Å². The lowest BCUT2D eigenvalue weighted by atomic mass is 9.48. The maximum absolute atomic E-state index is 13.0. The second-order valence-electron chi connectivity index (χ2n) is 8.92. The summed E-state index contributed by atoms with van der Waals surface area (Å²) in [6.45, 7) is 1.47. The molecule has 156 valence electrons. The Morgan fingerprint density at radius 3 is 2.52 bits per heavy atom. The van der Waals surface area contributed by atoms with Gasteiger partial charge < -0.3 is 15.2 Å². The minimum atomic E-state index is -1.06. The van der Waals surface area contributed by atoms with Crippen molar-refractivity contribution in [3.63, 3.8) is 0 Å². The maximum Gasteiger partial charge on any atom is 0.312 e. The predicted molar refractivity (Wildman–Crippen MR) is 104 cm³/mol. The van der Waals surface area contributed by atoms with Crippen LogP contribution < -0.4 is 5.32 Å². The van der Waals surface area contributed by atoms with Crippen LogP contribution in [-0.2, 0) is 14.3 Å². The number of nitro benzene ring substituents is 1. The van der Waals surface area contributed by atoms with Crippen LogP contribution >= 0.6 is 11.6 Å². The van der Waals surface area contributed by atoms with E-state index in [0.29, 0.717) is 31.1 Å². The molecule has 1 aromatic carbocycles. The lowest BCUT2D eigenvalue weighted by molar-refractivity contribution is -0.384. The van der Waals surface area contributed by atoms with Crippen LogP contribution in [0.1, 0.15) is 45.4 Å². The first-order valence-corrected chi connectivity index (χ1v) is 10.2. The number of carbonyl (C=O) groups is 2. The Kier molecular flexibility index (Phi) is 4.82. The second-order valence-corrected chi connectivity index (χ2v) is 9.33. The van der Waals surface area contributed by atoms with Crippen molar-refractivity contribution in [1.29, 1.82) is 0 Å². The third kappa shape index (κ3) is 3.71. The smallest absolute Gasteiger partial charge is 0.312 e. The monoisotopic (exact) mass is 422 g/mol. The summed E-state index contributed by atoms with van der Waals surface area (Å²) in [5.74, 6) is -0.339. The summed E-state index contributed by atoms with van der Waals surface area (Å²) >= 11 is 6.00. The molecule has 0 saturated heterocycles. The summed E-state index contributed by atoms with van der Waals surface area (Å²) in [5.41, 5.74) is -1.49. The topological polar surface area (TPSA) is 119 Å². The molecule has 9 heteroatoms. The van der Waals surface area contributed by atoms with Crippen LogP contribution in [0.25, 0.3) is 0 Å². The van der Waals surface area contributed by atoms with Crippen molar-refractivity contribution < 1.29 is 24.4 Å². The van der Waals surface area contributed by atoms with E-state index in [1.165, 1.54) is 19.1 Å². The van der Waals surface area contributed by atoms with E-state index in [9.17, 15) is 24.8 Å². The van der Waals surface area contributed by atoms with Crippen LogP contribution in [-0.4, -0.2) is 33.6 Å². The summed E-state index contributed by atoms with van der Waals surface area (Å²) in [6, 6.07) is 3.71. The van der Waals surface area contributed by atoms with Gasteiger partial charge in [0.1, 0.15) is 0 Å². The largest absolute Gasteiger partial charge is 0.452 e. The standard InChI is InChI=1S/C20H23ClN2O6/c1-11(17(24)22-16-3-2-14(23(27)28)5-15(16)21)29-18(25)19-6-12-4-13(7-19)9-20(26,8-12)10-19/h2-3,5,11-13,26H,4,6-10H2,1H3,(H,22,24). The molecule has 0 heterocycles. The molecule has 0 aliphatic heterocycles. The van der Waals surface area contributed by atoms with Gasteiger partial charge in [0.05, 0.1) is 26.6 Å². The van der Waals surface area contributed by atoms with Gasteiger partial charge in [0.25, 0.3) is 11.6 Å². The fraction of sp³-hybridized carbons (Fsp3) is 0.600. The van der Waals surface area contributed by atoms with Gasteiger partial charge in [-0.25, -0.2) is 0 Å². The number of esters is 1. The van der Waals surface area contributed by atoms with Crippen molar-refractivity contribution in [3.8, 4) is 0 Å². The molecule has 4 fully saturated rings. The van der Waals surface area contributed by atoms with Gasteiger partial charge in [-0.2, -0.15) is 0 Å². The SMILES string of the molecule is CC(OC(=O)C12CC3CC(CC(O)(C3)C1)C2)C(=O)Nc1ccc([N+](=O)[O-])cc1Cl. The fourth-order valence-corrected chi connectivity index (χ4v) is 5.97. The van der Waals surface area contributed by atoms with Crippen LogP contribution in [0.4, 0.5) is 11.4 Å². The number of benzene rings is 1. The maximum atomic E-state index is 13.0. The van der Waals surface area contributed by atoms with Crippen molar-refractivity contribution in [1.82, 2.24) is 0 Å². The van der Waals surface area contributed by atoms with Gasteiger partial charge in [0.2, 0.25) is 0 Å². The first-order chi connectivity index (χ1) is 13.6. The first kappa shape index (κ1) is 20.1. The summed E-state index contributed by atoms with van der Waals surface area (Å²) in [4.78, 5) is 35.7. The summed E-state index contributed by atoms with van der Waals surface area (Å²) in [6.07, 6.45) is 3.28. The number of carbonyl (C=O) groups excluding carboxylic acids is 2. The number of aliphatic hydroxyl groups is 1. The van der Waals surface area contributed by atoms with E-state index in [4.69, 9.17) is 16.3 Å². The van der Waals surface area contributed by atoms with Crippen LogP contribution in [0, 0.1) is 27.4 Å². The molecule has 0 aromatic heterocycles. The molecular formula is C20H23ClN2O6. The van der Waals surface area contributed by atoms with Crippen molar-refractivity contribution in [2.45, 2.75) is 57.2 Å². The van der Waals surface area contributed by atoms with Crippen molar-refractivity contribution in [3.05, 3.63) is 33.3 Å². The zero-order valence-corrected chi connectivity index (χ0v) is 16.8. The molecule has 0 radical (unpaired) electrons. The Balaban J connectivity index is 1.41. The number of non-ortho nitro benzene ring substituents is 1. The van der Waals surface area contributed by atoms with Gasteiger partial charge in [-0.3, -0.25) is 19.7 Å². The Bertz CT molecular complexity index is 874. The van der Waals surface area contributed by atoms with Crippen molar-refractivity contribution in [2.75, 3.05) is 5.32 Å². The summed E-state index contributed by atoms with van der Waals surface area (Å²) in [7, 11) is 0. The molecule has 4 aliphatic carbocycles. The fourth-order valence-electron chi connectivity index (χ4n) is 5.75. The van der Waals surface area contributed by atoms with Gasteiger partial charge in [0.15, 0.2) is 6.10 Å². The molecule has 1 amide bonds. The molecular weight excluding hydrogens is 400 g/mol. The molecule has 0 spiro atoms. The third-order valence-electron chi connectivity index (χ3n) is 6.54. The highest BCUT2D eigenvalue weighted by molar-refractivity contribution is 6.34. The highest BCUT2D eigenvalue weighted by Crippen LogP contribution is 2.62. The van der Waals surface area contributed by atoms with Crippen LogP contribution in [0.15, 0.2) is 18.2 Å². The van der Waals surface area contributed by atoms with E-state index in [-0.39, 0.29) is 16.4 Å². The molecule has 2 N–H and O–H groups in total. The number of nitro groups is 1. The molecule has 4 aliphatic rings. The number of nitrogens with one attached hydrogen (secondary N) is 1. The van der Waals surface area contributed by atoms with E-state index in [2.05, 4.69) is 5.32 Å². The van der Waals surface area contributed by atoms with Gasteiger partial charge in [-0.05, 0) is 63.4 Å². The lowest BCUT2D eigenvalue weighted by Crippen LogP contribution is -2.59. The van der Waals surface area contributed by atoms with E-state index in [1.807, 2.05) is 0 Å². The molecule has 5 rings (SSSR count). The van der Waals surface area contributed by atoms with E-state index < -0.39 is 33.9 Å². The van der Waals surface area contributed by atoms with Gasteiger partial charge in [0, 0.05) is 12.1 Å². The number of hydrogen-bond donors (Lipinski definition) is 2. The zero-order valence-electron chi connectivity index (χ0n) is 16.0. The predicted octanol–water partition coefficient (Wildman–Crippen LogP) is 3.45.